The second-order valence-corrected chi connectivity index (χ2v) is 6.00. The number of amides is 1. The van der Waals surface area contributed by atoms with Crippen molar-refractivity contribution in [3.8, 4) is 5.75 Å². The lowest BCUT2D eigenvalue weighted by Crippen LogP contribution is -2.41. The number of carbonyl (C=O) groups excluding carboxylic acids is 1. The van der Waals surface area contributed by atoms with Gasteiger partial charge in [-0.3, -0.25) is 4.79 Å². The zero-order chi connectivity index (χ0) is 14.4. The number of halogens is 1. The minimum atomic E-state index is -0.189. The zero-order valence-corrected chi connectivity index (χ0v) is 13.5. The molecule has 4 nitrogen and oxygen atoms in total. The molecule has 0 fully saturated rings. The molecule has 2 atom stereocenters. The first-order chi connectivity index (χ1) is 9.03. The molecule has 1 aromatic rings. The van der Waals surface area contributed by atoms with Gasteiger partial charge in [0.2, 0.25) is 0 Å². The topological polar surface area (TPSA) is 58.6 Å². The third kappa shape index (κ3) is 4.40. The smallest absolute Gasteiger partial charge is 0.252 e. The largest absolute Gasteiger partial charge is 0.497 e. The summed E-state index contributed by atoms with van der Waals surface area (Å²) in [4.78, 5) is 12.2. The molecule has 0 aliphatic carbocycles. The van der Waals surface area contributed by atoms with E-state index in [0.29, 0.717) is 15.8 Å². The van der Waals surface area contributed by atoms with Crippen LogP contribution in [0.4, 0.5) is 0 Å². The van der Waals surface area contributed by atoms with E-state index in [1.165, 1.54) is 11.8 Å². The SMILES string of the molecule is COc1ccc(Br)c(C(=O)NC(C)C(CO)SC)c1. The van der Waals surface area contributed by atoms with Crippen LogP contribution in [0, 0.1) is 0 Å². The van der Waals surface area contributed by atoms with E-state index in [2.05, 4.69) is 21.2 Å². The highest BCUT2D eigenvalue weighted by molar-refractivity contribution is 9.10. The van der Waals surface area contributed by atoms with Gasteiger partial charge < -0.3 is 15.2 Å². The summed E-state index contributed by atoms with van der Waals surface area (Å²) in [6.45, 7) is 1.91. The van der Waals surface area contributed by atoms with E-state index in [1.807, 2.05) is 13.2 Å². The molecule has 0 bridgehead atoms. The summed E-state index contributed by atoms with van der Waals surface area (Å²) in [5.74, 6) is 0.440. The Kier molecular flexibility index (Phi) is 6.68. The van der Waals surface area contributed by atoms with Crippen LogP contribution in [0.25, 0.3) is 0 Å². The summed E-state index contributed by atoms with van der Waals surface area (Å²) >= 11 is 4.88. The zero-order valence-electron chi connectivity index (χ0n) is 11.1. The van der Waals surface area contributed by atoms with Gasteiger partial charge in [-0.25, -0.2) is 0 Å². The van der Waals surface area contributed by atoms with Gasteiger partial charge in [0.1, 0.15) is 5.75 Å². The lowest BCUT2D eigenvalue weighted by atomic mass is 10.1. The van der Waals surface area contributed by atoms with Gasteiger partial charge in [0.05, 0.1) is 19.3 Å². The Bertz CT molecular complexity index is 438. The highest BCUT2D eigenvalue weighted by Gasteiger charge is 2.19. The van der Waals surface area contributed by atoms with Crippen molar-refractivity contribution >= 4 is 33.6 Å². The molecular formula is C13H18BrNO3S. The monoisotopic (exact) mass is 347 g/mol. The Morgan fingerprint density at radius 2 is 2.26 bits per heavy atom. The lowest BCUT2D eigenvalue weighted by molar-refractivity contribution is 0.0935. The Morgan fingerprint density at radius 1 is 1.58 bits per heavy atom. The van der Waals surface area contributed by atoms with E-state index in [-0.39, 0.29) is 23.8 Å². The van der Waals surface area contributed by atoms with Crippen LogP contribution < -0.4 is 10.1 Å². The highest BCUT2D eigenvalue weighted by Crippen LogP contribution is 2.23. The van der Waals surface area contributed by atoms with E-state index < -0.39 is 0 Å². The van der Waals surface area contributed by atoms with Crippen LogP contribution >= 0.6 is 27.7 Å². The summed E-state index contributed by atoms with van der Waals surface area (Å²) in [5.41, 5.74) is 0.518. The number of nitrogens with one attached hydrogen (secondary N) is 1. The second kappa shape index (κ2) is 7.77. The summed E-state index contributed by atoms with van der Waals surface area (Å²) < 4.78 is 5.82. The number of hydrogen-bond donors (Lipinski definition) is 2. The summed E-state index contributed by atoms with van der Waals surface area (Å²) in [6, 6.07) is 5.11. The van der Waals surface area contributed by atoms with Crippen molar-refractivity contribution in [3.05, 3.63) is 28.2 Å². The van der Waals surface area contributed by atoms with Crippen molar-refractivity contribution < 1.29 is 14.6 Å². The first-order valence-electron chi connectivity index (χ1n) is 5.81. The van der Waals surface area contributed by atoms with Crippen molar-refractivity contribution in [1.29, 1.82) is 0 Å². The molecule has 0 radical (unpaired) electrons. The molecule has 0 aromatic heterocycles. The van der Waals surface area contributed by atoms with E-state index >= 15 is 0 Å². The molecule has 0 saturated carbocycles. The van der Waals surface area contributed by atoms with Crippen LogP contribution in [0.3, 0.4) is 0 Å². The maximum Gasteiger partial charge on any atom is 0.252 e. The number of ether oxygens (including phenoxy) is 1. The van der Waals surface area contributed by atoms with Gasteiger partial charge in [-0.05, 0) is 47.3 Å². The van der Waals surface area contributed by atoms with Gasteiger partial charge in [0.25, 0.3) is 5.91 Å². The molecule has 19 heavy (non-hydrogen) atoms. The standard InChI is InChI=1S/C13H18BrNO3S/c1-8(12(7-16)19-3)15-13(17)10-6-9(18-2)4-5-11(10)14/h4-6,8,12,16H,7H2,1-3H3,(H,15,17). The van der Waals surface area contributed by atoms with Crippen LogP contribution in [0.15, 0.2) is 22.7 Å². The molecule has 2 N–H and O–H groups in total. The third-order valence-corrected chi connectivity index (χ3v) is 4.67. The third-order valence-electron chi connectivity index (χ3n) is 2.82. The second-order valence-electron chi connectivity index (χ2n) is 4.06. The summed E-state index contributed by atoms with van der Waals surface area (Å²) in [5, 5.41) is 12.1. The minimum Gasteiger partial charge on any atom is -0.497 e. The van der Waals surface area contributed by atoms with Crippen LogP contribution in [0.2, 0.25) is 0 Å². The number of aliphatic hydroxyl groups excluding tert-OH is 1. The molecule has 0 spiro atoms. The minimum absolute atomic E-state index is 0.0201. The number of thioether (sulfide) groups is 1. The number of methoxy groups -OCH3 is 1. The number of hydrogen-bond acceptors (Lipinski definition) is 4. The summed E-state index contributed by atoms with van der Waals surface area (Å²) in [6.07, 6.45) is 1.91. The fraction of sp³-hybridized carbons (Fsp3) is 0.462. The highest BCUT2D eigenvalue weighted by atomic mass is 79.9. The summed E-state index contributed by atoms with van der Waals surface area (Å²) in [7, 11) is 1.56. The van der Waals surface area contributed by atoms with Gasteiger partial charge in [-0.1, -0.05) is 0 Å². The van der Waals surface area contributed by atoms with E-state index in [1.54, 1.807) is 25.3 Å². The van der Waals surface area contributed by atoms with Crippen LogP contribution in [-0.4, -0.2) is 42.3 Å². The fourth-order valence-electron chi connectivity index (χ4n) is 1.62. The van der Waals surface area contributed by atoms with Crippen molar-refractivity contribution in [3.63, 3.8) is 0 Å². The predicted molar refractivity (Wildman–Crippen MR) is 82.0 cm³/mol. The van der Waals surface area contributed by atoms with Crippen molar-refractivity contribution in [2.75, 3.05) is 20.0 Å². The van der Waals surface area contributed by atoms with Crippen molar-refractivity contribution in [2.24, 2.45) is 0 Å². The first-order valence-corrected chi connectivity index (χ1v) is 7.89. The van der Waals surface area contributed by atoms with E-state index in [0.717, 1.165) is 0 Å². The van der Waals surface area contributed by atoms with Gasteiger partial charge in [0.15, 0.2) is 0 Å². The van der Waals surface area contributed by atoms with Gasteiger partial charge in [-0.15, -0.1) is 0 Å². The average Bonchev–Trinajstić information content (AvgIpc) is 2.40. The molecule has 1 rings (SSSR count). The Morgan fingerprint density at radius 3 is 2.79 bits per heavy atom. The van der Waals surface area contributed by atoms with Crippen LogP contribution in [-0.2, 0) is 0 Å². The Balaban J connectivity index is 2.83. The molecule has 6 heteroatoms. The predicted octanol–water partition coefficient (Wildman–Crippen LogP) is 2.30. The molecule has 2 unspecified atom stereocenters. The van der Waals surface area contributed by atoms with Crippen molar-refractivity contribution in [2.45, 2.75) is 18.2 Å². The number of rotatable bonds is 6. The number of benzene rings is 1. The molecule has 1 aromatic carbocycles. The van der Waals surface area contributed by atoms with Gasteiger partial charge in [-0.2, -0.15) is 11.8 Å². The normalized spacial score (nSPS) is 13.7. The van der Waals surface area contributed by atoms with E-state index in [4.69, 9.17) is 4.74 Å². The Hall–Kier alpha value is -0.720. The molecule has 0 heterocycles. The Labute approximate surface area is 126 Å². The molecular weight excluding hydrogens is 330 g/mol. The molecule has 1 amide bonds. The maximum atomic E-state index is 12.2. The van der Waals surface area contributed by atoms with Crippen LogP contribution in [0.5, 0.6) is 5.75 Å². The number of carbonyl (C=O) groups is 1. The van der Waals surface area contributed by atoms with Gasteiger partial charge in [0, 0.05) is 15.8 Å². The first kappa shape index (κ1) is 16.3. The lowest BCUT2D eigenvalue weighted by Gasteiger charge is -2.21. The fourth-order valence-corrected chi connectivity index (χ4v) is 2.67. The molecule has 0 saturated heterocycles. The average molecular weight is 348 g/mol. The quantitative estimate of drug-likeness (QED) is 0.828. The van der Waals surface area contributed by atoms with Crippen molar-refractivity contribution in [1.82, 2.24) is 5.32 Å². The number of aliphatic hydroxyl groups is 1. The van der Waals surface area contributed by atoms with Gasteiger partial charge >= 0.3 is 0 Å². The molecule has 0 aliphatic heterocycles. The molecule has 0 aliphatic rings. The molecule has 106 valence electrons. The van der Waals surface area contributed by atoms with E-state index in [9.17, 15) is 9.90 Å². The van der Waals surface area contributed by atoms with Crippen LogP contribution in [0.1, 0.15) is 17.3 Å². The maximum absolute atomic E-state index is 12.2.